The van der Waals surface area contributed by atoms with Crippen LogP contribution in [0, 0.1) is 0 Å². The molecule has 3 aromatic rings. The van der Waals surface area contributed by atoms with Crippen molar-refractivity contribution < 1.29 is 0 Å². The highest BCUT2D eigenvalue weighted by molar-refractivity contribution is 6.38. The van der Waals surface area contributed by atoms with E-state index in [2.05, 4.69) is 9.98 Å². The summed E-state index contributed by atoms with van der Waals surface area (Å²) in [5.41, 5.74) is 5.09. The van der Waals surface area contributed by atoms with E-state index in [-0.39, 0.29) is 0 Å². The molecule has 1 aliphatic heterocycles. The molecule has 4 rings (SSSR count). The number of nitrogens with one attached hydrogen (secondary N) is 1. The van der Waals surface area contributed by atoms with E-state index in [0.717, 1.165) is 33.8 Å². The Labute approximate surface area is 183 Å². The standard InChI is InChI=1S/C22H14Cl4N2/c23-15-4-1-5-16(24)14(15)12-13-9-10-20(28-13)22(19-8-3-11-27-19)21-17(25)6-2-7-18(21)26/h1-11,28H,12H2/b22-19+. The molecule has 28 heavy (non-hydrogen) atoms. The first-order valence-electron chi connectivity index (χ1n) is 8.55. The van der Waals surface area contributed by atoms with Crippen molar-refractivity contribution in [2.75, 3.05) is 0 Å². The molecular weight excluding hydrogens is 434 g/mol. The molecule has 2 heterocycles. The second kappa shape index (κ2) is 8.18. The zero-order chi connectivity index (χ0) is 19.7. The van der Waals surface area contributed by atoms with Gasteiger partial charge in [0.05, 0.1) is 15.7 Å². The third-order valence-corrected chi connectivity index (χ3v) is 5.81. The van der Waals surface area contributed by atoms with Gasteiger partial charge in [-0.25, -0.2) is 0 Å². The number of hydrogen-bond acceptors (Lipinski definition) is 1. The van der Waals surface area contributed by atoms with Gasteiger partial charge in [0.1, 0.15) is 0 Å². The van der Waals surface area contributed by atoms with Crippen molar-refractivity contribution in [2.45, 2.75) is 6.42 Å². The van der Waals surface area contributed by atoms with E-state index >= 15 is 0 Å². The molecule has 0 radical (unpaired) electrons. The van der Waals surface area contributed by atoms with Crippen molar-refractivity contribution in [2.24, 2.45) is 4.99 Å². The van der Waals surface area contributed by atoms with Crippen LogP contribution in [0.25, 0.3) is 5.57 Å². The van der Waals surface area contributed by atoms with Gasteiger partial charge in [-0.3, -0.25) is 4.99 Å². The molecule has 0 saturated carbocycles. The van der Waals surface area contributed by atoms with Gasteiger partial charge >= 0.3 is 0 Å². The zero-order valence-corrected chi connectivity index (χ0v) is 17.5. The van der Waals surface area contributed by atoms with Crippen molar-refractivity contribution in [3.63, 3.8) is 0 Å². The van der Waals surface area contributed by atoms with Crippen LogP contribution in [-0.4, -0.2) is 11.2 Å². The van der Waals surface area contributed by atoms with Crippen molar-refractivity contribution in [1.29, 1.82) is 0 Å². The number of aromatic nitrogens is 1. The predicted molar refractivity (Wildman–Crippen MR) is 120 cm³/mol. The molecule has 0 amide bonds. The molecule has 0 saturated heterocycles. The Hall–Kier alpha value is -1.97. The van der Waals surface area contributed by atoms with Crippen LogP contribution in [0.4, 0.5) is 0 Å². The second-order valence-corrected chi connectivity index (χ2v) is 7.90. The number of hydrogen-bond donors (Lipinski definition) is 1. The number of allylic oxidation sites excluding steroid dienone is 2. The quantitative estimate of drug-likeness (QED) is 0.426. The second-order valence-electron chi connectivity index (χ2n) is 6.27. The number of rotatable bonds is 4. The number of benzene rings is 2. The lowest BCUT2D eigenvalue weighted by Gasteiger charge is -2.12. The first-order valence-corrected chi connectivity index (χ1v) is 10.1. The van der Waals surface area contributed by atoms with Crippen LogP contribution >= 0.6 is 46.4 Å². The highest BCUT2D eigenvalue weighted by atomic mass is 35.5. The molecule has 0 aliphatic carbocycles. The van der Waals surface area contributed by atoms with E-state index in [1.54, 1.807) is 6.21 Å². The van der Waals surface area contributed by atoms with Gasteiger partial charge < -0.3 is 4.98 Å². The third kappa shape index (κ3) is 3.78. The van der Waals surface area contributed by atoms with Crippen LogP contribution < -0.4 is 0 Å². The normalized spacial score (nSPS) is 14.7. The molecule has 140 valence electrons. The van der Waals surface area contributed by atoms with E-state index < -0.39 is 0 Å². The summed E-state index contributed by atoms with van der Waals surface area (Å²) < 4.78 is 0. The van der Waals surface area contributed by atoms with Gasteiger partial charge in [-0.05, 0) is 54.1 Å². The largest absolute Gasteiger partial charge is 0.358 e. The summed E-state index contributed by atoms with van der Waals surface area (Å²) in [5, 5.41) is 2.41. The van der Waals surface area contributed by atoms with Crippen molar-refractivity contribution in [3.05, 3.63) is 109 Å². The van der Waals surface area contributed by atoms with Gasteiger partial charge in [0.25, 0.3) is 0 Å². The van der Waals surface area contributed by atoms with Crippen LogP contribution in [0.2, 0.25) is 20.1 Å². The fraction of sp³-hybridized carbons (Fsp3) is 0.0455. The fourth-order valence-corrected chi connectivity index (χ4v) is 4.28. The average Bonchev–Trinajstić information content (AvgIpc) is 3.34. The number of halogens is 4. The van der Waals surface area contributed by atoms with Crippen LogP contribution in [-0.2, 0) is 6.42 Å². The molecule has 1 N–H and O–H groups in total. The molecule has 0 bridgehead atoms. The van der Waals surface area contributed by atoms with Gasteiger partial charge in [0, 0.05) is 45.2 Å². The first kappa shape index (κ1) is 19.4. The van der Waals surface area contributed by atoms with Gasteiger partial charge in [-0.15, -0.1) is 0 Å². The maximum absolute atomic E-state index is 6.49. The fourth-order valence-electron chi connectivity index (χ4n) is 3.17. The lowest BCUT2D eigenvalue weighted by Crippen LogP contribution is -1.96. The Balaban J connectivity index is 1.79. The molecule has 1 aliphatic rings. The van der Waals surface area contributed by atoms with E-state index in [9.17, 15) is 0 Å². The molecule has 2 aromatic carbocycles. The zero-order valence-electron chi connectivity index (χ0n) is 14.5. The van der Waals surface area contributed by atoms with E-state index in [1.165, 1.54) is 0 Å². The molecule has 6 heteroatoms. The van der Waals surface area contributed by atoms with Crippen LogP contribution in [0.1, 0.15) is 22.5 Å². The molecule has 0 spiro atoms. The molecule has 0 atom stereocenters. The summed E-state index contributed by atoms with van der Waals surface area (Å²) in [6, 6.07) is 15.0. The molecule has 0 fully saturated rings. The Bertz CT molecular complexity index is 1080. The maximum atomic E-state index is 6.49. The number of aliphatic imine (C=N–C) groups is 1. The minimum atomic E-state index is 0.566. The SMILES string of the molecule is Clc1cccc(Cl)c1Cc1ccc(/C(=C2/C=CC=N2)c2c(Cl)cccc2Cl)[nH]1. The van der Waals surface area contributed by atoms with E-state index in [1.807, 2.05) is 60.7 Å². The van der Waals surface area contributed by atoms with Gasteiger partial charge in [0.2, 0.25) is 0 Å². The van der Waals surface area contributed by atoms with Gasteiger partial charge in [0.15, 0.2) is 0 Å². The highest BCUT2D eigenvalue weighted by Crippen LogP contribution is 2.38. The minimum absolute atomic E-state index is 0.566. The van der Waals surface area contributed by atoms with Crippen LogP contribution in [0.15, 0.2) is 71.4 Å². The summed E-state index contributed by atoms with van der Waals surface area (Å²) in [4.78, 5) is 7.90. The summed E-state index contributed by atoms with van der Waals surface area (Å²) in [6.45, 7) is 0. The van der Waals surface area contributed by atoms with Gasteiger partial charge in [-0.1, -0.05) is 58.5 Å². The molecule has 0 unspecified atom stereocenters. The average molecular weight is 448 g/mol. The van der Waals surface area contributed by atoms with Crippen LogP contribution in [0.3, 0.4) is 0 Å². The predicted octanol–water partition coefficient (Wildman–Crippen LogP) is 7.62. The maximum Gasteiger partial charge on any atom is 0.0730 e. The summed E-state index contributed by atoms with van der Waals surface area (Å²) in [5.74, 6) is 0. The number of nitrogens with zero attached hydrogens (tertiary/aromatic N) is 1. The minimum Gasteiger partial charge on any atom is -0.358 e. The Morgan fingerprint density at radius 1 is 0.821 bits per heavy atom. The molecule has 1 aromatic heterocycles. The summed E-state index contributed by atoms with van der Waals surface area (Å²) >= 11 is 25.6. The van der Waals surface area contributed by atoms with Gasteiger partial charge in [-0.2, -0.15) is 0 Å². The molecular formula is C22H14Cl4N2. The lowest BCUT2D eigenvalue weighted by atomic mass is 10.0. The lowest BCUT2D eigenvalue weighted by molar-refractivity contribution is 1.10. The number of H-pyrrole nitrogens is 1. The Morgan fingerprint density at radius 3 is 2.07 bits per heavy atom. The van der Waals surface area contributed by atoms with Crippen molar-refractivity contribution in [3.8, 4) is 0 Å². The monoisotopic (exact) mass is 446 g/mol. The number of aromatic amines is 1. The van der Waals surface area contributed by atoms with Crippen molar-refractivity contribution >= 4 is 58.2 Å². The third-order valence-electron chi connectivity index (χ3n) is 4.47. The Kier molecular flexibility index (Phi) is 5.65. The summed E-state index contributed by atoms with van der Waals surface area (Å²) in [7, 11) is 0. The van der Waals surface area contributed by atoms with Crippen LogP contribution in [0.5, 0.6) is 0 Å². The topological polar surface area (TPSA) is 28.1 Å². The smallest absolute Gasteiger partial charge is 0.0730 e. The van der Waals surface area contributed by atoms with E-state index in [4.69, 9.17) is 46.4 Å². The van der Waals surface area contributed by atoms with Crippen molar-refractivity contribution in [1.82, 2.24) is 4.98 Å². The Morgan fingerprint density at radius 2 is 1.46 bits per heavy atom. The molecule has 2 nitrogen and oxygen atoms in total. The first-order chi connectivity index (χ1) is 13.5. The van der Waals surface area contributed by atoms with E-state index in [0.29, 0.717) is 26.5 Å². The highest BCUT2D eigenvalue weighted by Gasteiger charge is 2.19. The summed E-state index contributed by atoms with van der Waals surface area (Å²) in [6.07, 6.45) is 6.14.